The molecule has 0 N–H and O–H groups in total. The molecule has 0 heterocycles. The maximum atomic E-state index is 14.5. The zero-order valence-electron chi connectivity index (χ0n) is 30.3. The molecule has 6 aromatic rings. The third kappa shape index (κ3) is 6.22. The number of anilines is 2. The molecular weight excluding hydrogens is 613 g/mol. The second kappa shape index (κ2) is 15.0. The molecule has 7 rings (SSSR count). The van der Waals surface area contributed by atoms with Crippen molar-refractivity contribution < 1.29 is 10.2 Å². The molecule has 0 amide bonds. The smallest absolute Gasteiger partial charge is 0.0446 e. The van der Waals surface area contributed by atoms with E-state index in [0.29, 0.717) is 0 Å². The number of hydrogen-bond donors (Lipinski definition) is 0. The first-order valence-corrected chi connectivity index (χ1v) is 19.2. The van der Waals surface area contributed by atoms with Gasteiger partial charge in [0.1, 0.15) is 0 Å². The Balaban J connectivity index is 1.32. The summed E-state index contributed by atoms with van der Waals surface area (Å²) in [4.78, 5) is 4.92. The zero-order valence-corrected chi connectivity index (χ0v) is 30.3. The summed E-state index contributed by atoms with van der Waals surface area (Å²) in [6.07, 6.45) is 5.09. The number of nitrogens with zero attached hydrogens (tertiary/aromatic N) is 2. The lowest BCUT2D eigenvalue weighted by Crippen LogP contribution is -2.63. The highest BCUT2D eigenvalue weighted by atomic mass is 16.3. The Morgan fingerprint density at radius 1 is 0.460 bits per heavy atom. The maximum Gasteiger partial charge on any atom is 0.0446 e. The normalized spacial score (nSPS) is 19.0. The van der Waals surface area contributed by atoms with Crippen molar-refractivity contribution in [3.63, 3.8) is 0 Å². The van der Waals surface area contributed by atoms with Crippen LogP contribution in [-0.4, -0.2) is 38.4 Å². The van der Waals surface area contributed by atoms with Crippen LogP contribution in [-0.2, 0) is 0 Å². The monoisotopic (exact) mass is 664 g/mol. The largest absolute Gasteiger partial charge is 0.851 e. The van der Waals surface area contributed by atoms with Crippen LogP contribution in [0.3, 0.4) is 0 Å². The van der Waals surface area contributed by atoms with E-state index in [2.05, 4.69) is 135 Å². The summed E-state index contributed by atoms with van der Waals surface area (Å²) >= 11 is 0. The molecule has 50 heavy (non-hydrogen) atoms. The van der Waals surface area contributed by atoms with Gasteiger partial charge in [0.25, 0.3) is 0 Å². The van der Waals surface area contributed by atoms with Crippen LogP contribution in [0.25, 0.3) is 43.1 Å². The van der Waals surface area contributed by atoms with E-state index in [0.717, 1.165) is 88.2 Å². The van der Waals surface area contributed by atoms with Gasteiger partial charge in [-0.25, -0.2) is 0 Å². The van der Waals surface area contributed by atoms with Crippen LogP contribution >= 0.6 is 0 Å². The minimum Gasteiger partial charge on any atom is -0.851 e. The number of benzene rings is 6. The highest BCUT2D eigenvalue weighted by molar-refractivity contribution is 6.07. The second-order valence-electron chi connectivity index (χ2n) is 14.4. The average Bonchev–Trinajstić information content (AvgIpc) is 3.14. The fraction of sp³-hybridized carbons (Fsp3) is 0.391. The third-order valence-corrected chi connectivity index (χ3v) is 11.4. The van der Waals surface area contributed by atoms with Gasteiger partial charge in [-0.2, -0.15) is 0 Å². The van der Waals surface area contributed by atoms with Crippen molar-refractivity contribution in [2.75, 3.05) is 36.0 Å². The summed E-state index contributed by atoms with van der Waals surface area (Å²) in [6.45, 7) is 12.7. The number of rotatable bonds is 14. The molecule has 1 saturated carbocycles. The quantitative estimate of drug-likeness (QED) is 0.0860. The van der Waals surface area contributed by atoms with Gasteiger partial charge in [-0.3, -0.25) is 0 Å². The van der Waals surface area contributed by atoms with Gasteiger partial charge in [-0.05, 0) is 118 Å². The number of fused-ring (bicyclic) bond motifs is 4. The minimum atomic E-state index is -1.02. The van der Waals surface area contributed by atoms with Crippen LogP contribution in [0.5, 0.6) is 0 Å². The Morgan fingerprint density at radius 3 is 1.22 bits per heavy atom. The van der Waals surface area contributed by atoms with Crippen molar-refractivity contribution >= 4 is 54.5 Å². The fourth-order valence-electron chi connectivity index (χ4n) is 8.62. The maximum absolute atomic E-state index is 14.5. The van der Waals surface area contributed by atoms with Crippen molar-refractivity contribution in [1.29, 1.82) is 0 Å². The van der Waals surface area contributed by atoms with Crippen LogP contribution < -0.4 is 20.0 Å². The van der Waals surface area contributed by atoms with Gasteiger partial charge in [-0.1, -0.05) is 100 Å². The molecule has 4 heteroatoms. The molecule has 2 atom stereocenters. The number of unbranched alkanes of at least 4 members (excludes halogenated alkanes) is 4. The molecule has 0 spiro atoms. The van der Waals surface area contributed by atoms with Crippen LogP contribution in [0.1, 0.15) is 89.2 Å². The van der Waals surface area contributed by atoms with Gasteiger partial charge in [-0.15, -0.1) is 12.2 Å². The lowest BCUT2D eigenvalue weighted by Gasteiger charge is -2.62. The van der Waals surface area contributed by atoms with E-state index in [1.807, 2.05) is 0 Å². The van der Waals surface area contributed by atoms with E-state index >= 15 is 0 Å². The molecule has 1 aliphatic rings. The molecule has 0 aliphatic heterocycles. The molecular formula is C46H52N2O2-2. The van der Waals surface area contributed by atoms with Crippen molar-refractivity contribution in [3.8, 4) is 0 Å². The van der Waals surface area contributed by atoms with Crippen LogP contribution in [0.2, 0.25) is 0 Å². The molecule has 2 unspecified atom stereocenters. The van der Waals surface area contributed by atoms with Gasteiger partial charge in [0, 0.05) is 48.3 Å². The van der Waals surface area contributed by atoms with E-state index in [1.54, 1.807) is 0 Å². The molecule has 1 aliphatic carbocycles. The molecule has 0 saturated heterocycles. The molecule has 0 radical (unpaired) electrons. The van der Waals surface area contributed by atoms with Gasteiger partial charge in [0.15, 0.2) is 0 Å². The molecule has 0 bridgehead atoms. The van der Waals surface area contributed by atoms with Crippen molar-refractivity contribution in [1.82, 2.24) is 0 Å². The van der Waals surface area contributed by atoms with Gasteiger partial charge >= 0.3 is 0 Å². The Morgan fingerprint density at radius 2 is 0.840 bits per heavy atom. The number of hydrogen-bond acceptors (Lipinski definition) is 4. The summed E-state index contributed by atoms with van der Waals surface area (Å²) < 4.78 is 0. The van der Waals surface area contributed by atoms with Crippen LogP contribution in [0.4, 0.5) is 11.4 Å². The minimum absolute atomic E-state index is 0.593. The summed E-state index contributed by atoms with van der Waals surface area (Å²) in [5.74, 6) is -1.19. The standard InChI is InChI=1S/C46H52N2O2/c1-5-9-15-25-48(26-16-10-6-2)42-24-22-36(38-28-32-18-12-14-20-34(32)30-40(38)42)44-45(49)43(46(44)50)35-21-23-41(47(7-3)8-4)39-29-33-19-13-11-17-31(33)27-37(35)39/h11-14,17-24,27-30,43-46H,5-10,15-16,25-26H2,1-4H3/q-2. The van der Waals surface area contributed by atoms with E-state index in [1.165, 1.54) is 42.1 Å². The first-order valence-electron chi connectivity index (χ1n) is 19.2. The van der Waals surface area contributed by atoms with Crippen LogP contribution in [0, 0.1) is 0 Å². The average molecular weight is 665 g/mol. The first kappa shape index (κ1) is 34.3. The molecule has 260 valence electrons. The summed E-state index contributed by atoms with van der Waals surface area (Å²) in [5, 5.41) is 38.1. The second-order valence-corrected chi connectivity index (χ2v) is 14.4. The lowest BCUT2D eigenvalue weighted by molar-refractivity contribution is -0.535. The van der Waals surface area contributed by atoms with E-state index < -0.39 is 24.0 Å². The Labute approximate surface area is 298 Å². The highest BCUT2D eigenvalue weighted by Crippen LogP contribution is 2.51. The molecule has 0 aromatic heterocycles. The van der Waals surface area contributed by atoms with E-state index in [4.69, 9.17) is 0 Å². The third-order valence-electron chi connectivity index (χ3n) is 11.4. The lowest BCUT2D eigenvalue weighted by atomic mass is 9.62. The fourth-order valence-corrected chi connectivity index (χ4v) is 8.62. The Hall–Kier alpha value is -4.12. The van der Waals surface area contributed by atoms with Gasteiger partial charge in [0.2, 0.25) is 0 Å². The summed E-state index contributed by atoms with van der Waals surface area (Å²) in [7, 11) is 0. The predicted molar refractivity (Wildman–Crippen MR) is 211 cm³/mol. The van der Waals surface area contributed by atoms with E-state index in [9.17, 15) is 10.2 Å². The van der Waals surface area contributed by atoms with Crippen LogP contribution in [0.15, 0.2) is 97.1 Å². The Kier molecular flexibility index (Phi) is 10.3. The summed E-state index contributed by atoms with van der Waals surface area (Å²) in [5.41, 5.74) is 4.22. The van der Waals surface area contributed by atoms with Crippen molar-refractivity contribution in [3.05, 3.63) is 108 Å². The SMILES string of the molecule is CCCCCN(CCCCC)c1ccc(C2C([O-])C(c3ccc(N(CC)CC)c4cc5ccccc5cc34)C2[O-])c2cc3ccccc3cc12. The molecule has 6 aromatic carbocycles. The van der Waals surface area contributed by atoms with Gasteiger partial charge in [0.05, 0.1) is 0 Å². The molecule has 4 nitrogen and oxygen atoms in total. The highest BCUT2D eigenvalue weighted by Gasteiger charge is 2.40. The first-order chi connectivity index (χ1) is 24.5. The Bertz CT molecular complexity index is 2080. The molecule has 1 fully saturated rings. The topological polar surface area (TPSA) is 52.6 Å². The van der Waals surface area contributed by atoms with Crippen molar-refractivity contribution in [2.24, 2.45) is 0 Å². The van der Waals surface area contributed by atoms with Gasteiger partial charge < -0.3 is 20.0 Å². The van der Waals surface area contributed by atoms with E-state index in [-0.39, 0.29) is 0 Å². The predicted octanol–water partition coefficient (Wildman–Crippen LogP) is 9.67. The summed E-state index contributed by atoms with van der Waals surface area (Å²) in [6, 6.07) is 34.5. The van der Waals surface area contributed by atoms with Crippen molar-refractivity contribution in [2.45, 2.75) is 90.3 Å². The zero-order chi connectivity index (χ0) is 34.8.